The van der Waals surface area contributed by atoms with Crippen LogP contribution in [-0.2, 0) is 11.3 Å². The Bertz CT molecular complexity index is 720. The second kappa shape index (κ2) is 10.6. The Balaban J connectivity index is 0.00000320. The molecule has 1 aliphatic heterocycles. The predicted molar refractivity (Wildman–Crippen MR) is 125 cm³/mol. The van der Waals surface area contributed by atoms with Gasteiger partial charge in [-0.3, -0.25) is 4.99 Å². The summed E-state index contributed by atoms with van der Waals surface area (Å²) in [4.78, 5) is 25.6. The summed E-state index contributed by atoms with van der Waals surface area (Å²) in [7, 11) is 1.77. The zero-order valence-electron chi connectivity index (χ0n) is 18.7. The van der Waals surface area contributed by atoms with Gasteiger partial charge in [-0.05, 0) is 52.4 Å². The van der Waals surface area contributed by atoms with Crippen LogP contribution in [0.1, 0.15) is 58.2 Å². The number of nitrogens with zero attached hydrogens (tertiary/aromatic N) is 5. The summed E-state index contributed by atoms with van der Waals surface area (Å²) in [5.41, 5.74) is -0.473. The Labute approximate surface area is 196 Å². The number of piperidine rings is 1. The third-order valence-corrected chi connectivity index (χ3v) is 5.17. The minimum absolute atomic E-state index is 0. The van der Waals surface area contributed by atoms with Crippen molar-refractivity contribution >= 4 is 36.0 Å². The van der Waals surface area contributed by atoms with Gasteiger partial charge in [0.15, 0.2) is 11.8 Å². The SMILES string of the molecule is CN=C(NCc1noc(C)n1)N1CCC(N(CC2CC2)C(=O)OC(C)(C)C)CC1.I. The predicted octanol–water partition coefficient (Wildman–Crippen LogP) is 3.18. The molecular formula is C20H35IN6O3. The van der Waals surface area contributed by atoms with Crippen molar-refractivity contribution in [2.45, 2.75) is 71.6 Å². The van der Waals surface area contributed by atoms with Crippen LogP contribution in [0.25, 0.3) is 0 Å². The van der Waals surface area contributed by atoms with E-state index in [9.17, 15) is 4.79 Å². The van der Waals surface area contributed by atoms with Crippen molar-refractivity contribution in [3.63, 3.8) is 0 Å². The Kier molecular flexibility index (Phi) is 8.74. The maximum Gasteiger partial charge on any atom is 0.410 e. The largest absolute Gasteiger partial charge is 0.444 e. The van der Waals surface area contributed by atoms with Crippen LogP contribution in [0.3, 0.4) is 0 Å². The number of aryl methyl sites for hydroxylation is 1. The maximum atomic E-state index is 12.8. The zero-order valence-corrected chi connectivity index (χ0v) is 21.0. The van der Waals surface area contributed by atoms with E-state index in [1.54, 1.807) is 14.0 Å². The number of aromatic nitrogens is 2. The number of hydrogen-bond acceptors (Lipinski definition) is 6. The van der Waals surface area contributed by atoms with E-state index in [2.05, 4.69) is 25.3 Å². The number of guanidine groups is 1. The number of halogens is 1. The number of carbonyl (C=O) groups excluding carboxylic acids is 1. The van der Waals surface area contributed by atoms with Gasteiger partial charge in [0.25, 0.3) is 0 Å². The van der Waals surface area contributed by atoms with E-state index >= 15 is 0 Å². The van der Waals surface area contributed by atoms with Crippen LogP contribution in [-0.4, -0.2) is 70.3 Å². The lowest BCUT2D eigenvalue weighted by Gasteiger charge is -2.40. The second-order valence-electron chi connectivity index (χ2n) is 8.92. The highest BCUT2D eigenvalue weighted by atomic mass is 127. The maximum absolute atomic E-state index is 12.8. The van der Waals surface area contributed by atoms with Crippen LogP contribution in [0, 0.1) is 12.8 Å². The van der Waals surface area contributed by atoms with Gasteiger partial charge in [-0.2, -0.15) is 4.98 Å². The second-order valence-corrected chi connectivity index (χ2v) is 8.92. The van der Waals surface area contributed by atoms with E-state index in [0.717, 1.165) is 38.4 Å². The first-order chi connectivity index (χ1) is 13.7. The summed E-state index contributed by atoms with van der Waals surface area (Å²) in [5, 5.41) is 7.20. The smallest absolute Gasteiger partial charge is 0.410 e. The number of ether oxygens (including phenoxy) is 1. The molecule has 0 radical (unpaired) electrons. The zero-order chi connectivity index (χ0) is 21.0. The monoisotopic (exact) mass is 534 g/mol. The summed E-state index contributed by atoms with van der Waals surface area (Å²) in [5.74, 6) is 2.61. The van der Waals surface area contributed by atoms with Crippen LogP contribution in [0.15, 0.2) is 9.52 Å². The van der Waals surface area contributed by atoms with Gasteiger partial charge in [-0.25, -0.2) is 4.79 Å². The van der Waals surface area contributed by atoms with Crippen LogP contribution < -0.4 is 5.32 Å². The minimum atomic E-state index is -0.473. The molecule has 9 nitrogen and oxygen atoms in total. The lowest BCUT2D eigenvalue weighted by Crippen LogP contribution is -2.52. The molecule has 170 valence electrons. The van der Waals surface area contributed by atoms with Crippen molar-refractivity contribution < 1.29 is 14.1 Å². The Morgan fingerprint density at radius 1 is 1.30 bits per heavy atom. The summed E-state index contributed by atoms with van der Waals surface area (Å²) < 4.78 is 10.7. The molecule has 0 unspecified atom stereocenters. The Morgan fingerprint density at radius 3 is 2.47 bits per heavy atom. The quantitative estimate of drug-likeness (QED) is 0.352. The molecule has 30 heavy (non-hydrogen) atoms. The standard InChI is InChI=1S/C20H34N6O3.HI/c1-14-23-17(24-29-14)12-22-18(21-5)25-10-8-16(9-11-25)26(13-15-6-7-15)19(27)28-20(2,3)4;/h15-16H,6-13H2,1-5H3,(H,21,22);1H. The van der Waals surface area contributed by atoms with Crippen molar-refractivity contribution in [1.29, 1.82) is 0 Å². The first-order valence-electron chi connectivity index (χ1n) is 10.5. The molecule has 2 aliphatic rings. The summed E-state index contributed by atoms with van der Waals surface area (Å²) in [6.45, 7) is 10.5. The van der Waals surface area contributed by atoms with Gasteiger partial charge in [0, 0.05) is 39.6 Å². The number of carbonyl (C=O) groups is 1. The number of hydrogen-bond donors (Lipinski definition) is 1. The average molecular weight is 534 g/mol. The van der Waals surface area contributed by atoms with Gasteiger partial charge in [0.05, 0.1) is 6.54 Å². The first kappa shape index (κ1) is 24.7. The van der Waals surface area contributed by atoms with Crippen molar-refractivity contribution in [2.75, 3.05) is 26.7 Å². The van der Waals surface area contributed by atoms with Gasteiger partial charge in [-0.15, -0.1) is 24.0 Å². The number of nitrogens with one attached hydrogen (secondary N) is 1. The van der Waals surface area contributed by atoms with Crippen molar-refractivity contribution in [1.82, 2.24) is 25.3 Å². The highest BCUT2D eigenvalue weighted by Gasteiger charge is 2.35. The van der Waals surface area contributed by atoms with Gasteiger partial charge < -0.3 is 24.4 Å². The molecule has 10 heteroatoms. The minimum Gasteiger partial charge on any atom is -0.444 e. The first-order valence-corrected chi connectivity index (χ1v) is 10.5. The van der Waals surface area contributed by atoms with Crippen molar-refractivity contribution in [3.05, 3.63) is 11.7 Å². The normalized spacial score (nSPS) is 18.0. The number of likely N-dealkylation sites (tertiary alicyclic amines) is 1. The molecule has 2 heterocycles. The molecule has 1 aromatic heterocycles. The van der Waals surface area contributed by atoms with Gasteiger partial charge in [0.1, 0.15) is 5.60 Å². The number of amides is 1. The lowest BCUT2D eigenvalue weighted by molar-refractivity contribution is 0.00928. The van der Waals surface area contributed by atoms with E-state index in [0.29, 0.717) is 24.2 Å². The molecule has 0 spiro atoms. The van der Waals surface area contributed by atoms with E-state index < -0.39 is 5.60 Å². The molecule has 1 saturated carbocycles. The molecule has 3 rings (SSSR count). The van der Waals surface area contributed by atoms with Gasteiger partial charge in [0.2, 0.25) is 5.89 Å². The molecule has 0 atom stereocenters. The van der Waals surface area contributed by atoms with Gasteiger partial charge >= 0.3 is 6.09 Å². The fourth-order valence-corrected chi connectivity index (χ4v) is 3.56. The van der Waals surface area contributed by atoms with Crippen LogP contribution in [0.5, 0.6) is 0 Å². The molecule has 0 aromatic carbocycles. The van der Waals surface area contributed by atoms with Gasteiger partial charge in [-0.1, -0.05) is 5.16 Å². The number of rotatable bonds is 5. The van der Waals surface area contributed by atoms with E-state index in [1.165, 1.54) is 12.8 Å². The van der Waals surface area contributed by atoms with E-state index in [-0.39, 0.29) is 36.1 Å². The molecule has 1 aromatic rings. The fraction of sp³-hybridized carbons (Fsp3) is 0.800. The Hall–Kier alpha value is -1.59. The summed E-state index contributed by atoms with van der Waals surface area (Å²) in [6.07, 6.45) is 4.04. The topological polar surface area (TPSA) is 96.1 Å². The number of aliphatic imine (C=N–C) groups is 1. The molecule has 1 saturated heterocycles. The molecular weight excluding hydrogens is 499 g/mol. The molecule has 0 bridgehead atoms. The van der Waals surface area contributed by atoms with E-state index in [4.69, 9.17) is 9.26 Å². The highest BCUT2D eigenvalue weighted by molar-refractivity contribution is 14.0. The van der Waals surface area contributed by atoms with Crippen LogP contribution >= 0.6 is 24.0 Å². The lowest BCUT2D eigenvalue weighted by atomic mass is 10.0. The fourth-order valence-electron chi connectivity index (χ4n) is 3.56. The van der Waals surface area contributed by atoms with Crippen molar-refractivity contribution in [3.8, 4) is 0 Å². The average Bonchev–Trinajstić information content (AvgIpc) is 3.39. The van der Waals surface area contributed by atoms with Crippen LogP contribution in [0.4, 0.5) is 4.79 Å². The summed E-state index contributed by atoms with van der Waals surface area (Å²) in [6, 6.07) is 0.208. The highest BCUT2D eigenvalue weighted by Crippen LogP contribution is 2.32. The molecule has 2 fully saturated rings. The molecule has 1 aliphatic carbocycles. The van der Waals surface area contributed by atoms with Crippen LogP contribution in [0.2, 0.25) is 0 Å². The van der Waals surface area contributed by atoms with Crippen molar-refractivity contribution in [2.24, 2.45) is 10.9 Å². The Morgan fingerprint density at radius 2 is 1.97 bits per heavy atom. The third-order valence-electron chi connectivity index (χ3n) is 5.17. The summed E-state index contributed by atoms with van der Waals surface area (Å²) >= 11 is 0. The molecule has 1 amide bonds. The third kappa shape index (κ3) is 7.28. The molecule has 1 N–H and O–H groups in total. The van der Waals surface area contributed by atoms with E-state index in [1.807, 2.05) is 25.7 Å².